The maximum atomic E-state index is 6.19. The molecule has 2 N–H and O–H groups in total. The smallest absolute Gasteiger partial charge is 0.169 e. The number of hydrogen-bond donors (Lipinski definition) is 1. The van der Waals surface area contributed by atoms with Gasteiger partial charge in [0.15, 0.2) is 11.5 Å². The van der Waals surface area contributed by atoms with Crippen molar-refractivity contribution in [1.82, 2.24) is 9.78 Å². The minimum absolute atomic E-state index is 0.233. The molecule has 0 unspecified atom stereocenters. The third kappa shape index (κ3) is 2.53. The summed E-state index contributed by atoms with van der Waals surface area (Å²) in [6.45, 7) is 0. The average molecular weight is 308 g/mol. The molecule has 0 saturated heterocycles. The van der Waals surface area contributed by atoms with E-state index >= 15 is 0 Å². The van der Waals surface area contributed by atoms with E-state index in [4.69, 9.17) is 26.8 Å². The summed E-state index contributed by atoms with van der Waals surface area (Å²) in [6, 6.07) is 3.59. The lowest BCUT2D eigenvalue weighted by Crippen LogP contribution is -2.25. The number of rotatable bonds is 4. The zero-order valence-electron chi connectivity index (χ0n) is 12.1. The largest absolute Gasteiger partial charge is 0.493 e. The molecule has 1 aromatic carbocycles. The Balaban J connectivity index is 2.12. The molecule has 2 aromatic rings. The highest BCUT2D eigenvalue weighted by Gasteiger charge is 2.25. The molecule has 0 aliphatic heterocycles. The topological polar surface area (TPSA) is 62.3 Å². The zero-order chi connectivity index (χ0) is 15.0. The predicted octanol–water partition coefficient (Wildman–Crippen LogP) is 3.26. The van der Waals surface area contributed by atoms with E-state index in [0.29, 0.717) is 22.3 Å². The number of halogens is 1. The summed E-state index contributed by atoms with van der Waals surface area (Å²) in [5, 5.41) is 4.76. The third-order valence-corrected chi connectivity index (χ3v) is 4.07. The Morgan fingerprint density at radius 1 is 1.33 bits per heavy atom. The van der Waals surface area contributed by atoms with Gasteiger partial charge < -0.3 is 15.2 Å². The van der Waals surface area contributed by atoms with Crippen LogP contribution in [0.2, 0.25) is 5.02 Å². The minimum atomic E-state index is 0.233. The fourth-order valence-electron chi connectivity index (χ4n) is 2.35. The molecule has 21 heavy (non-hydrogen) atoms. The number of aryl methyl sites for hydroxylation is 1. The van der Waals surface area contributed by atoms with Crippen molar-refractivity contribution >= 4 is 17.4 Å². The predicted molar refractivity (Wildman–Crippen MR) is 82.9 cm³/mol. The van der Waals surface area contributed by atoms with Crippen LogP contribution in [-0.4, -0.2) is 23.0 Å². The lowest BCUT2D eigenvalue weighted by molar-refractivity contribution is 0.117. The van der Waals surface area contributed by atoms with Crippen LogP contribution >= 0.6 is 11.6 Å². The Bertz CT molecular complexity index is 665. The van der Waals surface area contributed by atoms with Crippen molar-refractivity contribution < 1.29 is 9.47 Å². The molecule has 3 rings (SSSR count). The van der Waals surface area contributed by atoms with Crippen LogP contribution in [0.3, 0.4) is 0 Å². The van der Waals surface area contributed by atoms with Gasteiger partial charge >= 0.3 is 0 Å². The van der Waals surface area contributed by atoms with Crippen LogP contribution in [-0.2, 0) is 7.05 Å². The SMILES string of the molecule is COc1cc(Cl)cc(-c2cnn(C)c2N)c1OC1CCC1. The van der Waals surface area contributed by atoms with Crippen molar-refractivity contribution in [3.05, 3.63) is 23.4 Å². The van der Waals surface area contributed by atoms with Crippen LogP contribution < -0.4 is 15.2 Å². The molecule has 0 atom stereocenters. The number of nitrogens with zero attached hydrogens (tertiary/aromatic N) is 2. The van der Waals surface area contributed by atoms with Crippen LogP contribution in [0.1, 0.15) is 19.3 Å². The first-order valence-electron chi connectivity index (χ1n) is 6.92. The van der Waals surface area contributed by atoms with Gasteiger partial charge in [0.25, 0.3) is 0 Å². The number of anilines is 1. The van der Waals surface area contributed by atoms with Gasteiger partial charge in [0, 0.05) is 29.3 Å². The quantitative estimate of drug-likeness (QED) is 0.941. The van der Waals surface area contributed by atoms with Crippen molar-refractivity contribution in [1.29, 1.82) is 0 Å². The van der Waals surface area contributed by atoms with E-state index in [0.717, 1.165) is 24.0 Å². The van der Waals surface area contributed by atoms with Crippen molar-refractivity contribution in [3.63, 3.8) is 0 Å². The van der Waals surface area contributed by atoms with E-state index in [1.807, 2.05) is 6.07 Å². The minimum Gasteiger partial charge on any atom is -0.493 e. The summed E-state index contributed by atoms with van der Waals surface area (Å²) in [7, 11) is 3.41. The van der Waals surface area contributed by atoms with Gasteiger partial charge in [-0.15, -0.1) is 0 Å². The fourth-order valence-corrected chi connectivity index (χ4v) is 2.56. The van der Waals surface area contributed by atoms with E-state index in [2.05, 4.69) is 5.10 Å². The molecule has 112 valence electrons. The summed E-state index contributed by atoms with van der Waals surface area (Å²) in [5.41, 5.74) is 7.70. The summed E-state index contributed by atoms with van der Waals surface area (Å²) in [5.74, 6) is 1.87. The second kappa shape index (κ2) is 5.48. The van der Waals surface area contributed by atoms with Crippen LogP contribution in [0.5, 0.6) is 11.5 Å². The lowest BCUT2D eigenvalue weighted by Gasteiger charge is -2.28. The molecule has 0 radical (unpaired) electrons. The van der Waals surface area contributed by atoms with E-state index in [-0.39, 0.29) is 6.10 Å². The number of methoxy groups -OCH3 is 1. The van der Waals surface area contributed by atoms with Gasteiger partial charge in [0.2, 0.25) is 0 Å². The Kier molecular flexibility index (Phi) is 3.68. The molecule has 0 bridgehead atoms. The van der Waals surface area contributed by atoms with E-state index < -0.39 is 0 Å². The molecule has 1 heterocycles. The standard InChI is InChI=1S/C15H18ClN3O2/c1-19-15(17)12(8-18-19)11-6-9(16)7-13(20-2)14(11)21-10-4-3-5-10/h6-8,10H,3-5,17H2,1-2H3. The highest BCUT2D eigenvalue weighted by Crippen LogP contribution is 2.44. The Labute approximate surface area is 128 Å². The van der Waals surface area contributed by atoms with Gasteiger partial charge in [-0.2, -0.15) is 5.10 Å². The van der Waals surface area contributed by atoms with Gasteiger partial charge in [-0.25, -0.2) is 0 Å². The van der Waals surface area contributed by atoms with Gasteiger partial charge in [0.05, 0.1) is 19.4 Å². The number of benzene rings is 1. The Morgan fingerprint density at radius 3 is 2.62 bits per heavy atom. The number of hydrogen-bond acceptors (Lipinski definition) is 4. The van der Waals surface area contributed by atoms with Gasteiger partial charge in [0.1, 0.15) is 5.82 Å². The highest BCUT2D eigenvalue weighted by molar-refractivity contribution is 6.31. The number of nitrogens with two attached hydrogens (primary N) is 1. The molecule has 1 fully saturated rings. The normalized spacial score (nSPS) is 14.8. The first-order chi connectivity index (χ1) is 10.1. The van der Waals surface area contributed by atoms with E-state index in [1.54, 1.807) is 31.1 Å². The lowest BCUT2D eigenvalue weighted by atomic mass is 9.96. The monoisotopic (exact) mass is 307 g/mol. The number of aromatic nitrogens is 2. The highest BCUT2D eigenvalue weighted by atomic mass is 35.5. The molecule has 0 spiro atoms. The van der Waals surface area contributed by atoms with Crippen LogP contribution in [0.4, 0.5) is 5.82 Å². The molecule has 1 aromatic heterocycles. The van der Waals surface area contributed by atoms with Gasteiger partial charge in [-0.3, -0.25) is 4.68 Å². The fraction of sp³-hybridized carbons (Fsp3) is 0.400. The van der Waals surface area contributed by atoms with Crippen molar-refractivity contribution in [2.75, 3.05) is 12.8 Å². The van der Waals surface area contributed by atoms with Crippen molar-refractivity contribution in [2.24, 2.45) is 7.05 Å². The zero-order valence-corrected chi connectivity index (χ0v) is 12.9. The van der Waals surface area contributed by atoms with Crippen LogP contribution in [0.15, 0.2) is 18.3 Å². The van der Waals surface area contributed by atoms with Crippen LogP contribution in [0.25, 0.3) is 11.1 Å². The molecule has 6 heteroatoms. The molecular weight excluding hydrogens is 290 g/mol. The van der Waals surface area contributed by atoms with E-state index in [1.165, 1.54) is 6.42 Å². The van der Waals surface area contributed by atoms with Crippen LogP contribution in [0, 0.1) is 0 Å². The van der Waals surface area contributed by atoms with E-state index in [9.17, 15) is 0 Å². The summed E-state index contributed by atoms with van der Waals surface area (Å²) in [6.07, 6.45) is 5.28. The first-order valence-corrected chi connectivity index (χ1v) is 7.30. The molecule has 1 aliphatic rings. The summed E-state index contributed by atoms with van der Waals surface area (Å²) >= 11 is 6.19. The molecule has 1 saturated carbocycles. The Morgan fingerprint density at radius 2 is 2.10 bits per heavy atom. The van der Waals surface area contributed by atoms with Gasteiger partial charge in [-0.1, -0.05) is 11.6 Å². The maximum Gasteiger partial charge on any atom is 0.169 e. The molecule has 1 aliphatic carbocycles. The van der Waals surface area contributed by atoms with Gasteiger partial charge in [-0.05, 0) is 25.3 Å². The van der Waals surface area contributed by atoms with Crippen molar-refractivity contribution in [3.8, 4) is 22.6 Å². The van der Waals surface area contributed by atoms with Crippen molar-refractivity contribution in [2.45, 2.75) is 25.4 Å². The third-order valence-electron chi connectivity index (χ3n) is 3.85. The number of nitrogen functional groups attached to an aromatic ring is 1. The molecule has 5 nitrogen and oxygen atoms in total. The average Bonchev–Trinajstić information content (AvgIpc) is 2.74. The first kappa shape index (κ1) is 14.1. The Hall–Kier alpha value is -1.88. The summed E-state index contributed by atoms with van der Waals surface area (Å²) < 4.78 is 13.1. The number of ether oxygens (including phenoxy) is 2. The second-order valence-electron chi connectivity index (χ2n) is 5.22. The maximum absolute atomic E-state index is 6.19. The summed E-state index contributed by atoms with van der Waals surface area (Å²) in [4.78, 5) is 0. The molecular formula is C15H18ClN3O2. The second-order valence-corrected chi connectivity index (χ2v) is 5.66. The molecule has 0 amide bonds.